The highest BCUT2D eigenvalue weighted by Gasteiger charge is 2.18. The molecule has 1 amide bonds. The Balaban J connectivity index is 2.01. The fourth-order valence-electron chi connectivity index (χ4n) is 2.41. The molecule has 0 saturated carbocycles. The Hall–Kier alpha value is -2.51. The summed E-state index contributed by atoms with van der Waals surface area (Å²) in [6.45, 7) is 2.86. The van der Waals surface area contributed by atoms with Gasteiger partial charge in [0.1, 0.15) is 0 Å². The molecule has 3 aromatic rings. The van der Waals surface area contributed by atoms with E-state index in [0.717, 1.165) is 21.3 Å². The van der Waals surface area contributed by atoms with Gasteiger partial charge in [-0.15, -0.1) is 5.10 Å². The molecule has 0 bridgehead atoms. The normalized spacial score (nSPS) is 10.7. The second-order valence-corrected chi connectivity index (χ2v) is 6.68. The van der Waals surface area contributed by atoms with Gasteiger partial charge in [0.25, 0.3) is 5.91 Å². The first-order chi connectivity index (χ1) is 12.6. The molecule has 2 aromatic carbocycles. The van der Waals surface area contributed by atoms with Gasteiger partial charge in [-0.05, 0) is 31.2 Å². The van der Waals surface area contributed by atoms with Crippen molar-refractivity contribution in [3.8, 4) is 17.1 Å². The molecule has 1 heterocycles. The lowest BCUT2D eigenvalue weighted by Gasteiger charge is -2.06. The molecule has 6 nitrogen and oxygen atoms in total. The minimum Gasteiger partial charge on any atom is -0.383 e. The van der Waals surface area contributed by atoms with Crippen molar-refractivity contribution in [2.75, 3.05) is 20.3 Å². The van der Waals surface area contributed by atoms with Gasteiger partial charge in [-0.1, -0.05) is 45.8 Å². The third kappa shape index (κ3) is 4.17. The number of aromatic nitrogens is 3. The highest BCUT2D eigenvalue weighted by atomic mass is 79.9. The number of benzene rings is 2. The third-order valence-electron chi connectivity index (χ3n) is 3.78. The topological polar surface area (TPSA) is 69.0 Å². The summed E-state index contributed by atoms with van der Waals surface area (Å²) in [7, 11) is 1.59. The van der Waals surface area contributed by atoms with Crippen molar-refractivity contribution in [2.45, 2.75) is 6.92 Å². The van der Waals surface area contributed by atoms with Gasteiger partial charge < -0.3 is 10.1 Å². The predicted octanol–water partition coefficient (Wildman–Crippen LogP) is 3.38. The number of nitrogens with zero attached hydrogens (tertiary/aromatic N) is 3. The highest BCUT2D eigenvalue weighted by Crippen LogP contribution is 2.23. The van der Waals surface area contributed by atoms with Crippen LogP contribution in [0.1, 0.15) is 16.2 Å². The van der Waals surface area contributed by atoms with E-state index in [1.54, 1.807) is 11.8 Å². The molecule has 7 heteroatoms. The molecule has 0 aliphatic carbocycles. The molecule has 1 N–H and O–H groups in total. The summed E-state index contributed by atoms with van der Waals surface area (Å²) in [5, 5.41) is 7.18. The lowest BCUT2D eigenvalue weighted by Crippen LogP contribution is -2.28. The molecular weight excluding hydrogens is 396 g/mol. The molecule has 0 aliphatic heterocycles. The van der Waals surface area contributed by atoms with E-state index >= 15 is 0 Å². The van der Waals surface area contributed by atoms with Gasteiger partial charge in [0.15, 0.2) is 5.82 Å². The van der Waals surface area contributed by atoms with E-state index in [-0.39, 0.29) is 11.7 Å². The number of hydrogen-bond donors (Lipinski definition) is 1. The van der Waals surface area contributed by atoms with Gasteiger partial charge in [-0.25, -0.2) is 9.67 Å². The van der Waals surface area contributed by atoms with Crippen LogP contribution in [0.4, 0.5) is 0 Å². The molecule has 0 spiro atoms. The summed E-state index contributed by atoms with van der Waals surface area (Å²) >= 11 is 3.43. The van der Waals surface area contributed by atoms with Crippen LogP contribution in [0.25, 0.3) is 17.1 Å². The van der Waals surface area contributed by atoms with Crippen molar-refractivity contribution < 1.29 is 9.53 Å². The van der Waals surface area contributed by atoms with Crippen molar-refractivity contribution in [3.05, 3.63) is 64.4 Å². The van der Waals surface area contributed by atoms with Gasteiger partial charge in [0.2, 0.25) is 5.82 Å². The first-order valence-corrected chi connectivity index (χ1v) is 8.95. The van der Waals surface area contributed by atoms with Gasteiger partial charge in [-0.2, -0.15) is 0 Å². The third-order valence-corrected chi connectivity index (χ3v) is 4.31. The van der Waals surface area contributed by atoms with E-state index < -0.39 is 0 Å². The number of carbonyl (C=O) groups is 1. The lowest BCUT2D eigenvalue weighted by molar-refractivity contribution is 0.0927. The van der Waals surface area contributed by atoms with Crippen LogP contribution in [0.2, 0.25) is 0 Å². The fourth-order valence-corrected chi connectivity index (χ4v) is 2.67. The zero-order valence-corrected chi connectivity index (χ0v) is 16.2. The van der Waals surface area contributed by atoms with Gasteiger partial charge >= 0.3 is 0 Å². The van der Waals surface area contributed by atoms with Crippen LogP contribution in [0.3, 0.4) is 0 Å². The maximum atomic E-state index is 12.3. The van der Waals surface area contributed by atoms with Crippen LogP contribution in [-0.2, 0) is 4.74 Å². The van der Waals surface area contributed by atoms with Crippen molar-refractivity contribution >= 4 is 21.8 Å². The Morgan fingerprint density at radius 3 is 2.50 bits per heavy atom. The Morgan fingerprint density at radius 1 is 1.15 bits per heavy atom. The molecule has 0 unspecified atom stereocenters. The van der Waals surface area contributed by atoms with E-state index in [0.29, 0.717) is 19.0 Å². The van der Waals surface area contributed by atoms with Gasteiger partial charge in [-0.3, -0.25) is 4.79 Å². The number of hydrogen-bond acceptors (Lipinski definition) is 4. The SMILES string of the molecule is COCCNC(=O)c1nc(-c2ccc(Br)cc2)n(-c2ccc(C)cc2)n1. The Kier molecular flexibility index (Phi) is 5.80. The predicted molar refractivity (Wildman–Crippen MR) is 103 cm³/mol. The number of amides is 1. The maximum Gasteiger partial charge on any atom is 0.291 e. The number of methoxy groups -OCH3 is 1. The minimum absolute atomic E-state index is 0.125. The first kappa shape index (κ1) is 18.3. The number of aryl methyl sites for hydroxylation is 1. The van der Waals surface area contributed by atoms with Crippen LogP contribution in [-0.4, -0.2) is 40.9 Å². The van der Waals surface area contributed by atoms with Crippen LogP contribution >= 0.6 is 15.9 Å². The molecule has 0 atom stereocenters. The summed E-state index contributed by atoms with van der Waals surface area (Å²) in [6, 6.07) is 15.7. The molecule has 3 rings (SSSR count). The standard InChI is InChI=1S/C19H19BrN4O2/c1-13-3-9-16(10-4-13)24-18(14-5-7-15(20)8-6-14)22-17(23-24)19(25)21-11-12-26-2/h3-10H,11-12H2,1-2H3,(H,21,25). The van der Waals surface area contributed by atoms with Crippen LogP contribution in [0.15, 0.2) is 53.0 Å². The average Bonchev–Trinajstić information content (AvgIpc) is 3.08. The van der Waals surface area contributed by atoms with E-state index in [1.807, 2.05) is 55.5 Å². The zero-order chi connectivity index (χ0) is 18.5. The number of carbonyl (C=O) groups excluding carboxylic acids is 1. The first-order valence-electron chi connectivity index (χ1n) is 8.15. The molecule has 0 aliphatic rings. The van der Waals surface area contributed by atoms with Gasteiger partial charge in [0.05, 0.1) is 12.3 Å². The van der Waals surface area contributed by atoms with E-state index in [1.165, 1.54) is 0 Å². The molecule has 0 fully saturated rings. The van der Waals surface area contributed by atoms with E-state index in [4.69, 9.17) is 4.74 Å². The number of ether oxygens (including phenoxy) is 1. The second-order valence-electron chi connectivity index (χ2n) is 5.76. The minimum atomic E-state index is -0.328. The molecule has 1 aromatic heterocycles. The molecule has 134 valence electrons. The van der Waals surface area contributed by atoms with Gasteiger partial charge in [0, 0.05) is 23.7 Å². The van der Waals surface area contributed by atoms with E-state index in [9.17, 15) is 4.79 Å². The Labute approximate surface area is 160 Å². The van der Waals surface area contributed by atoms with Crippen LogP contribution in [0, 0.1) is 6.92 Å². The largest absolute Gasteiger partial charge is 0.383 e. The lowest BCUT2D eigenvalue weighted by atomic mass is 10.2. The number of halogens is 1. The zero-order valence-electron chi connectivity index (χ0n) is 14.6. The van der Waals surface area contributed by atoms with Crippen LogP contribution in [0.5, 0.6) is 0 Å². The summed E-state index contributed by atoms with van der Waals surface area (Å²) < 4.78 is 7.61. The van der Waals surface area contributed by atoms with Crippen molar-refractivity contribution in [1.29, 1.82) is 0 Å². The summed E-state index contributed by atoms with van der Waals surface area (Å²) in [5.41, 5.74) is 2.87. The number of nitrogens with one attached hydrogen (secondary N) is 1. The summed E-state index contributed by atoms with van der Waals surface area (Å²) in [5.74, 6) is 0.407. The Morgan fingerprint density at radius 2 is 1.85 bits per heavy atom. The molecule has 0 saturated heterocycles. The average molecular weight is 415 g/mol. The fraction of sp³-hybridized carbons (Fsp3) is 0.211. The van der Waals surface area contributed by atoms with Crippen molar-refractivity contribution in [1.82, 2.24) is 20.1 Å². The summed E-state index contributed by atoms with van der Waals surface area (Å²) in [4.78, 5) is 16.8. The second kappa shape index (κ2) is 8.25. The van der Waals surface area contributed by atoms with Crippen molar-refractivity contribution in [3.63, 3.8) is 0 Å². The highest BCUT2D eigenvalue weighted by molar-refractivity contribution is 9.10. The monoisotopic (exact) mass is 414 g/mol. The molecule has 26 heavy (non-hydrogen) atoms. The number of rotatable bonds is 6. The quantitative estimate of drug-likeness (QED) is 0.627. The van der Waals surface area contributed by atoms with Crippen LogP contribution < -0.4 is 5.32 Å². The molecular formula is C19H19BrN4O2. The Bertz CT molecular complexity index is 826. The smallest absolute Gasteiger partial charge is 0.291 e. The van der Waals surface area contributed by atoms with E-state index in [2.05, 4.69) is 31.3 Å². The van der Waals surface area contributed by atoms with Crippen molar-refractivity contribution in [2.24, 2.45) is 0 Å². The summed E-state index contributed by atoms with van der Waals surface area (Å²) in [6.07, 6.45) is 0. The maximum absolute atomic E-state index is 12.3. The molecule has 0 radical (unpaired) electrons.